The van der Waals surface area contributed by atoms with Crippen LogP contribution in [-0.4, -0.2) is 25.4 Å². The summed E-state index contributed by atoms with van der Waals surface area (Å²) in [6.45, 7) is 1.49. The Morgan fingerprint density at radius 3 is 2.67 bits per heavy atom. The number of rotatable bonds is 3. The van der Waals surface area contributed by atoms with Crippen molar-refractivity contribution in [1.29, 1.82) is 0 Å². The van der Waals surface area contributed by atoms with Gasteiger partial charge in [0.25, 0.3) is 0 Å². The van der Waals surface area contributed by atoms with Crippen LogP contribution in [0.4, 0.5) is 0 Å². The Labute approximate surface area is 113 Å². The average molecular weight is 274 g/mol. The molecular formula is C13H20ClNO3. The van der Waals surface area contributed by atoms with Crippen LogP contribution in [0.25, 0.3) is 0 Å². The Hall–Kier alpha value is -0.970. The first-order valence-corrected chi connectivity index (χ1v) is 5.93. The predicted molar refractivity (Wildman–Crippen MR) is 72.4 cm³/mol. The third-order valence-electron chi connectivity index (χ3n) is 3.37. The van der Waals surface area contributed by atoms with Gasteiger partial charge in [-0.15, -0.1) is 12.4 Å². The molecule has 1 aliphatic heterocycles. The van der Waals surface area contributed by atoms with E-state index in [1.54, 1.807) is 19.2 Å². The second-order valence-corrected chi connectivity index (χ2v) is 4.37. The van der Waals surface area contributed by atoms with Gasteiger partial charge >= 0.3 is 0 Å². The number of hydrogen-bond acceptors (Lipinski definition) is 4. The minimum absolute atomic E-state index is 0. The Morgan fingerprint density at radius 2 is 2.06 bits per heavy atom. The van der Waals surface area contributed by atoms with Gasteiger partial charge in [0.1, 0.15) is 11.5 Å². The molecular weight excluding hydrogens is 254 g/mol. The fraction of sp³-hybridized carbons (Fsp3) is 0.538. The number of nitrogens with two attached hydrogens (primary N) is 1. The average Bonchev–Trinajstić information content (AvgIpc) is 2.38. The lowest BCUT2D eigenvalue weighted by molar-refractivity contribution is 0.0578. The molecule has 1 aromatic rings. The molecule has 2 rings (SSSR count). The zero-order valence-corrected chi connectivity index (χ0v) is 11.3. The van der Waals surface area contributed by atoms with Gasteiger partial charge in [-0.05, 0) is 30.9 Å². The molecule has 0 bridgehead atoms. The highest BCUT2D eigenvalue weighted by Gasteiger charge is 2.26. The summed E-state index contributed by atoms with van der Waals surface area (Å²) >= 11 is 0. The van der Waals surface area contributed by atoms with E-state index < -0.39 is 0 Å². The molecule has 0 radical (unpaired) electrons. The fourth-order valence-corrected chi connectivity index (χ4v) is 2.36. The van der Waals surface area contributed by atoms with Gasteiger partial charge < -0.3 is 20.3 Å². The van der Waals surface area contributed by atoms with Crippen LogP contribution in [0.1, 0.15) is 24.4 Å². The minimum atomic E-state index is -0.199. The van der Waals surface area contributed by atoms with E-state index >= 15 is 0 Å². The fourth-order valence-electron chi connectivity index (χ4n) is 2.36. The monoisotopic (exact) mass is 273 g/mol. The zero-order chi connectivity index (χ0) is 12.3. The van der Waals surface area contributed by atoms with Crippen molar-refractivity contribution in [1.82, 2.24) is 0 Å². The van der Waals surface area contributed by atoms with E-state index in [1.165, 1.54) is 0 Å². The molecule has 18 heavy (non-hydrogen) atoms. The van der Waals surface area contributed by atoms with Crippen molar-refractivity contribution in [2.45, 2.75) is 18.9 Å². The van der Waals surface area contributed by atoms with Crippen molar-refractivity contribution in [3.05, 3.63) is 23.8 Å². The lowest BCUT2D eigenvalue weighted by Gasteiger charge is -2.29. The van der Waals surface area contributed by atoms with E-state index in [2.05, 4.69) is 0 Å². The summed E-state index contributed by atoms with van der Waals surface area (Å²) in [6, 6.07) is 5.04. The number of methoxy groups -OCH3 is 1. The number of hydrogen-bond donors (Lipinski definition) is 2. The van der Waals surface area contributed by atoms with Crippen LogP contribution in [0.3, 0.4) is 0 Å². The summed E-state index contributed by atoms with van der Waals surface area (Å²) in [6.07, 6.45) is 1.86. The summed E-state index contributed by atoms with van der Waals surface area (Å²) < 4.78 is 10.6. The summed E-state index contributed by atoms with van der Waals surface area (Å²) in [7, 11) is 1.59. The molecule has 0 aliphatic carbocycles. The minimum Gasteiger partial charge on any atom is -0.507 e. The van der Waals surface area contributed by atoms with Crippen LogP contribution in [-0.2, 0) is 4.74 Å². The van der Waals surface area contributed by atoms with E-state index in [1.807, 2.05) is 6.07 Å². The SMILES string of the molecule is COc1cccc(O)c1[C@@H](N)C1CCOCC1.Cl. The number of phenolic OH excluding ortho intramolecular Hbond substituents is 1. The number of aromatic hydroxyl groups is 1. The Kier molecular flexibility index (Phi) is 5.72. The van der Waals surface area contributed by atoms with Crippen molar-refractivity contribution in [3.8, 4) is 11.5 Å². The van der Waals surface area contributed by atoms with Crippen molar-refractivity contribution < 1.29 is 14.6 Å². The maximum atomic E-state index is 9.93. The number of halogens is 1. The van der Waals surface area contributed by atoms with Gasteiger partial charge in [0.15, 0.2) is 0 Å². The topological polar surface area (TPSA) is 64.7 Å². The Balaban J connectivity index is 0.00000162. The lowest BCUT2D eigenvalue weighted by atomic mass is 9.87. The normalized spacial score (nSPS) is 17.9. The molecule has 5 heteroatoms. The highest BCUT2D eigenvalue weighted by Crippen LogP contribution is 2.38. The summed E-state index contributed by atoms with van der Waals surface area (Å²) in [4.78, 5) is 0. The second kappa shape index (κ2) is 6.83. The van der Waals surface area contributed by atoms with Crippen LogP contribution in [0.15, 0.2) is 18.2 Å². The van der Waals surface area contributed by atoms with E-state index in [4.69, 9.17) is 15.2 Å². The molecule has 102 valence electrons. The second-order valence-electron chi connectivity index (χ2n) is 4.37. The van der Waals surface area contributed by atoms with E-state index in [-0.39, 0.29) is 24.2 Å². The van der Waals surface area contributed by atoms with Crippen molar-refractivity contribution in [2.75, 3.05) is 20.3 Å². The summed E-state index contributed by atoms with van der Waals surface area (Å²) in [5, 5.41) is 9.93. The van der Waals surface area contributed by atoms with Crippen molar-refractivity contribution >= 4 is 12.4 Å². The zero-order valence-electron chi connectivity index (χ0n) is 10.5. The van der Waals surface area contributed by atoms with Gasteiger partial charge in [0.05, 0.1) is 12.7 Å². The summed E-state index contributed by atoms with van der Waals surface area (Å²) in [5.74, 6) is 1.21. The molecule has 0 unspecified atom stereocenters. The molecule has 0 amide bonds. The van der Waals surface area contributed by atoms with Crippen molar-refractivity contribution in [3.63, 3.8) is 0 Å². The van der Waals surface area contributed by atoms with Crippen molar-refractivity contribution in [2.24, 2.45) is 11.7 Å². The molecule has 4 nitrogen and oxygen atoms in total. The summed E-state index contributed by atoms with van der Waals surface area (Å²) in [5.41, 5.74) is 6.96. The molecule has 0 spiro atoms. The molecule has 1 heterocycles. The van der Waals surface area contributed by atoms with Gasteiger partial charge in [-0.2, -0.15) is 0 Å². The smallest absolute Gasteiger partial charge is 0.127 e. The molecule has 1 saturated heterocycles. The van der Waals surface area contributed by atoms with Gasteiger partial charge in [-0.3, -0.25) is 0 Å². The molecule has 0 saturated carbocycles. The molecule has 1 fully saturated rings. The first kappa shape index (κ1) is 15.1. The van der Waals surface area contributed by atoms with Crippen LogP contribution >= 0.6 is 12.4 Å². The molecule has 0 aromatic heterocycles. The lowest BCUT2D eigenvalue weighted by Crippen LogP contribution is -2.27. The number of benzene rings is 1. The van der Waals surface area contributed by atoms with Crippen LogP contribution in [0.2, 0.25) is 0 Å². The van der Waals surface area contributed by atoms with Gasteiger partial charge in [-0.25, -0.2) is 0 Å². The van der Waals surface area contributed by atoms with Gasteiger partial charge in [-0.1, -0.05) is 6.07 Å². The Morgan fingerprint density at radius 1 is 1.39 bits per heavy atom. The molecule has 1 aromatic carbocycles. The standard InChI is InChI=1S/C13H19NO3.ClH/c1-16-11-4-2-3-10(15)12(11)13(14)9-5-7-17-8-6-9;/h2-4,9,13,15H,5-8,14H2,1H3;1H/t13-;/m0./s1. The first-order valence-electron chi connectivity index (χ1n) is 5.93. The van der Waals surface area contributed by atoms with E-state index in [0.29, 0.717) is 17.2 Å². The van der Waals surface area contributed by atoms with E-state index in [9.17, 15) is 5.11 Å². The quantitative estimate of drug-likeness (QED) is 0.887. The van der Waals surface area contributed by atoms with E-state index in [0.717, 1.165) is 26.1 Å². The first-order chi connectivity index (χ1) is 8.24. The molecule has 1 aliphatic rings. The third-order valence-corrected chi connectivity index (χ3v) is 3.37. The number of ether oxygens (including phenoxy) is 2. The van der Waals surface area contributed by atoms with Crippen LogP contribution in [0, 0.1) is 5.92 Å². The Bertz CT molecular complexity index is 380. The van der Waals surface area contributed by atoms with Gasteiger partial charge in [0, 0.05) is 19.3 Å². The largest absolute Gasteiger partial charge is 0.507 e. The maximum absolute atomic E-state index is 9.93. The maximum Gasteiger partial charge on any atom is 0.127 e. The predicted octanol–water partition coefficient (Wildman–Crippen LogP) is 2.25. The van der Waals surface area contributed by atoms with Crippen LogP contribution < -0.4 is 10.5 Å². The highest BCUT2D eigenvalue weighted by atomic mass is 35.5. The third kappa shape index (κ3) is 3.07. The van der Waals surface area contributed by atoms with Gasteiger partial charge in [0.2, 0.25) is 0 Å². The highest BCUT2D eigenvalue weighted by molar-refractivity contribution is 5.85. The van der Waals surface area contributed by atoms with Crippen LogP contribution in [0.5, 0.6) is 11.5 Å². The number of phenols is 1. The molecule has 3 N–H and O–H groups in total. The molecule has 1 atom stereocenters.